The molecule has 0 radical (unpaired) electrons. The van der Waals surface area contributed by atoms with Gasteiger partial charge in [0.2, 0.25) is 0 Å². The molecule has 14 heavy (non-hydrogen) atoms. The Morgan fingerprint density at radius 3 is 2.86 bits per heavy atom. The molecule has 70 valence electrons. The summed E-state index contributed by atoms with van der Waals surface area (Å²) in [6.45, 7) is 0. The molecule has 2 nitrogen and oxygen atoms in total. The van der Waals surface area contributed by atoms with Gasteiger partial charge in [-0.25, -0.2) is 9.97 Å². The molecule has 1 aromatic heterocycles. The molecule has 0 unspecified atom stereocenters. The van der Waals surface area contributed by atoms with E-state index in [4.69, 9.17) is 0 Å². The van der Waals surface area contributed by atoms with Gasteiger partial charge < -0.3 is 0 Å². The Balaban J connectivity index is 2.35. The van der Waals surface area contributed by atoms with Gasteiger partial charge in [-0.1, -0.05) is 12.1 Å². The first-order valence-electron chi connectivity index (χ1n) is 4.75. The summed E-state index contributed by atoms with van der Waals surface area (Å²) in [4.78, 5) is 8.67. The highest BCUT2D eigenvalue weighted by molar-refractivity contribution is 9.10. The molecule has 1 fully saturated rings. The average molecular weight is 249 g/mol. The van der Waals surface area contributed by atoms with Crippen LogP contribution in [0.5, 0.6) is 0 Å². The van der Waals surface area contributed by atoms with Crippen LogP contribution in [0.4, 0.5) is 0 Å². The van der Waals surface area contributed by atoms with E-state index < -0.39 is 0 Å². The summed E-state index contributed by atoms with van der Waals surface area (Å²) in [5.74, 6) is 0.676. The monoisotopic (exact) mass is 248 g/mol. The van der Waals surface area contributed by atoms with Crippen LogP contribution in [0.1, 0.15) is 24.5 Å². The molecule has 1 saturated carbocycles. The first-order valence-corrected chi connectivity index (χ1v) is 5.54. The van der Waals surface area contributed by atoms with Crippen molar-refractivity contribution in [1.82, 2.24) is 9.97 Å². The molecule has 2 aromatic rings. The van der Waals surface area contributed by atoms with Crippen LogP contribution in [-0.2, 0) is 0 Å². The van der Waals surface area contributed by atoms with Crippen LogP contribution in [0, 0.1) is 0 Å². The van der Waals surface area contributed by atoms with E-state index in [1.54, 1.807) is 6.33 Å². The number of hydrogen-bond acceptors (Lipinski definition) is 2. The Kier molecular flexibility index (Phi) is 1.80. The molecule has 0 amide bonds. The van der Waals surface area contributed by atoms with Gasteiger partial charge in [0.15, 0.2) is 0 Å². The van der Waals surface area contributed by atoms with E-state index >= 15 is 0 Å². The summed E-state index contributed by atoms with van der Waals surface area (Å²) in [6.07, 6.45) is 4.22. The lowest BCUT2D eigenvalue weighted by Crippen LogP contribution is -1.91. The van der Waals surface area contributed by atoms with Crippen molar-refractivity contribution in [2.75, 3.05) is 0 Å². The number of para-hydroxylation sites is 1. The zero-order valence-electron chi connectivity index (χ0n) is 7.57. The Hall–Kier alpha value is -0.960. The number of rotatable bonds is 1. The number of hydrogen-bond donors (Lipinski definition) is 0. The van der Waals surface area contributed by atoms with E-state index in [0.29, 0.717) is 5.92 Å². The van der Waals surface area contributed by atoms with Crippen LogP contribution >= 0.6 is 15.9 Å². The SMILES string of the molecule is Brc1cccc2c(C3CC3)ncnc12. The zero-order valence-corrected chi connectivity index (χ0v) is 9.16. The Bertz CT molecular complexity index is 492. The molecule has 3 rings (SSSR count). The quantitative estimate of drug-likeness (QED) is 0.775. The fourth-order valence-electron chi connectivity index (χ4n) is 1.75. The van der Waals surface area contributed by atoms with Crippen LogP contribution in [0.3, 0.4) is 0 Å². The standard InChI is InChI=1S/C11H9BrN2/c12-9-3-1-2-8-10(7-4-5-7)13-6-14-11(8)9/h1-3,6-7H,4-5H2. The predicted octanol–water partition coefficient (Wildman–Crippen LogP) is 3.27. The van der Waals surface area contributed by atoms with E-state index in [-0.39, 0.29) is 0 Å². The lowest BCUT2D eigenvalue weighted by molar-refractivity contribution is 1.02. The zero-order chi connectivity index (χ0) is 9.54. The van der Waals surface area contributed by atoms with Crippen LogP contribution in [0.15, 0.2) is 29.0 Å². The highest BCUT2D eigenvalue weighted by atomic mass is 79.9. The second-order valence-corrected chi connectivity index (χ2v) is 4.52. The van der Waals surface area contributed by atoms with Gasteiger partial charge >= 0.3 is 0 Å². The molecule has 0 saturated heterocycles. The van der Waals surface area contributed by atoms with Crippen molar-refractivity contribution in [3.05, 3.63) is 34.7 Å². The van der Waals surface area contributed by atoms with E-state index in [0.717, 1.165) is 9.99 Å². The first kappa shape index (κ1) is 8.36. The van der Waals surface area contributed by atoms with Gasteiger partial charge in [-0.05, 0) is 34.8 Å². The summed E-state index contributed by atoms with van der Waals surface area (Å²) in [5.41, 5.74) is 2.25. The number of halogens is 1. The number of nitrogens with zero attached hydrogens (tertiary/aromatic N) is 2. The summed E-state index contributed by atoms with van der Waals surface area (Å²) < 4.78 is 1.05. The third kappa shape index (κ3) is 1.23. The predicted molar refractivity (Wildman–Crippen MR) is 59.2 cm³/mol. The lowest BCUT2D eigenvalue weighted by Gasteiger charge is -2.03. The Morgan fingerprint density at radius 2 is 2.07 bits per heavy atom. The van der Waals surface area contributed by atoms with Crippen molar-refractivity contribution in [3.63, 3.8) is 0 Å². The Labute approximate surface area is 90.5 Å². The first-order chi connectivity index (χ1) is 6.86. The van der Waals surface area contributed by atoms with Gasteiger partial charge in [-0.2, -0.15) is 0 Å². The molecule has 0 bridgehead atoms. The molecule has 1 aliphatic carbocycles. The van der Waals surface area contributed by atoms with Crippen molar-refractivity contribution in [1.29, 1.82) is 0 Å². The maximum absolute atomic E-state index is 4.38. The van der Waals surface area contributed by atoms with Crippen LogP contribution < -0.4 is 0 Å². The van der Waals surface area contributed by atoms with E-state index in [1.807, 2.05) is 12.1 Å². The molecule has 3 heteroatoms. The summed E-state index contributed by atoms with van der Waals surface area (Å²) in [7, 11) is 0. The number of aromatic nitrogens is 2. The minimum Gasteiger partial charge on any atom is -0.240 e. The highest BCUT2D eigenvalue weighted by Crippen LogP contribution is 2.42. The van der Waals surface area contributed by atoms with Gasteiger partial charge in [-0.15, -0.1) is 0 Å². The van der Waals surface area contributed by atoms with Crippen molar-refractivity contribution in [3.8, 4) is 0 Å². The average Bonchev–Trinajstić information content (AvgIpc) is 3.01. The summed E-state index contributed by atoms with van der Waals surface area (Å²) in [6, 6.07) is 6.17. The van der Waals surface area contributed by atoms with E-state index in [2.05, 4.69) is 32.0 Å². The van der Waals surface area contributed by atoms with Crippen molar-refractivity contribution in [2.45, 2.75) is 18.8 Å². The van der Waals surface area contributed by atoms with Gasteiger partial charge in [0, 0.05) is 15.8 Å². The normalized spacial score (nSPS) is 16.1. The second-order valence-electron chi connectivity index (χ2n) is 3.67. The van der Waals surface area contributed by atoms with Crippen molar-refractivity contribution >= 4 is 26.8 Å². The van der Waals surface area contributed by atoms with E-state index in [9.17, 15) is 0 Å². The highest BCUT2D eigenvalue weighted by Gasteiger charge is 2.27. The molecule has 0 atom stereocenters. The van der Waals surface area contributed by atoms with Gasteiger partial charge in [0.25, 0.3) is 0 Å². The number of benzene rings is 1. The maximum Gasteiger partial charge on any atom is 0.116 e. The van der Waals surface area contributed by atoms with Gasteiger partial charge in [-0.3, -0.25) is 0 Å². The largest absolute Gasteiger partial charge is 0.240 e. The minimum atomic E-state index is 0.676. The molecule has 1 aliphatic rings. The minimum absolute atomic E-state index is 0.676. The molecule has 0 spiro atoms. The van der Waals surface area contributed by atoms with E-state index in [1.165, 1.54) is 23.9 Å². The van der Waals surface area contributed by atoms with Crippen molar-refractivity contribution < 1.29 is 0 Å². The van der Waals surface area contributed by atoms with Crippen LogP contribution in [-0.4, -0.2) is 9.97 Å². The third-order valence-electron chi connectivity index (χ3n) is 2.61. The lowest BCUT2D eigenvalue weighted by atomic mass is 10.1. The Morgan fingerprint density at radius 1 is 1.21 bits per heavy atom. The molecule has 1 aromatic carbocycles. The fraction of sp³-hybridized carbons (Fsp3) is 0.273. The molecular formula is C11H9BrN2. The molecule has 0 aliphatic heterocycles. The number of fused-ring (bicyclic) bond motifs is 1. The molecular weight excluding hydrogens is 240 g/mol. The van der Waals surface area contributed by atoms with Crippen molar-refractivity contribution in [2.24, 2.45) is 0 Å². The molecule has 0 N–H and O–H groups in total. The third-order valence-corrected chi connectivity index (χ3v) is 3.25. The van der Waals surface area contributed by atoms with Gasteiger partial charge in [0.05, 0.1) is 11.2 Å². The molecule has 1 heterocycles. The summed E-state index contributed by atoms with van der Waals surface area (Å²) in [5, 5.41) is 1.20. The smallest absolute Gasteiger partial charge is 0.116 e. The fourth-order valence-corrected chi connectivity index (χ4v) is 2.22. The van der Waals surface area contributed by atoms with Crippen LogP contribution in [0.2, 0.25) is 0 Å². The summed E-state index contributed by atoms with van der Waals surface area (Å²) >= 11 is 3.51. The topological polar surface area (TPSA) is 25.8 Å². The second kappa shape index (κ2) is 3.02. The maximum atomic E-state index is 4.38. The van der Waals surface area contributed by atoms with Gasteiger partial charge in [0.1, 0.15) is 6.33 Å². The van der Waals surface area contributed by atoms with Crippen LogP contribution in [0.25, 0.3) is 10.9 Å².